The fourth-order valence-corrected chi connectivity index (χ4v) is 15.1. The van der Waals surface area contributed by atoms with Crippen LogP contribution in [0.25, 0.3) is 27.0 Å². The second-order valence-corrected chi connectivity index (χ2v) is 23.9. The van der Waals surface area contributed by atoms with Crippen molar-refractivity contribution in [1.29, 1.82) is 0 Å². The minimum absolute atomic E-state index is 0.0247. The van der Waals surface area contributed by atoms with E-state index in [0.717, 1.165) is 149 Å². The van der Waals surface area contributed by atoms with Gasteiger partial charge in [-0.2, -0.15) is 4.98 Å². The lowest BCUT2D eigenvalue weighted by Gasteiger charge is -2.37. The molecule has 7 heterocycles. The Labute approximate surface area is 442 Å². The molecule has 388 valence electrons. The van der Waals surface area contributed by atoms with Gasteiger partial charge in [0.05, 0.1) is 60.9 Å². The van der Waals surface area contributed by atoms with E-state index >= 15 is 0 Å². The van der Waals surface area contributed by atoms with Crippen LogP contribution in [0.3, 0.4) is 0 Å². The molecule has 6 aromatic rings. The Morgan fingerprint density at radius 3 is 2.46 bits per heavy atom. The largest absolute Gasteiger partial charge is 0.391 e. The van der Waals surface area contributed by atoms with Crippen molar-refractivity contribution in [3.63, 3.8) is 0 Å². The summed E-state index contributed by atoms with van der Waals surface area (Å²) in [5, 5.41) is 28.0. The van der Waals surface area contributed by atoms with E-state index in [4.69, 9.17) is 21.7 Å². The monoisotopic (exact) mass is 1040 g/mol. The summed E-state index contributed by atoms with van der Waals surface area (Å²) in [7, 11) is 0. The van der Waals surface area contributed by atoms with Gasteiger partial charge >= 0.3 is 0 Å². The number of aromatic nitrogens is 6. The summed E-state index contributed by atoms with van der Waals surface area (Å²) in [4.78, 5) is 57.0. The number of halogens is 1. The van der Waals surface area contributed by atoms with E-state index in [-0.39, 0.29) is 53.6 Å². The van der Waals surface area contributed by atoms with E-state index in [1.165, 1.54) is 23.2 Å². The number of likely N-dealkylation sites (tertiary alicyclic amines) is 2. The topological polar surface area (TPSA) is 163 Å². The van der Waals surface area contributed by atoms with Gasteiger partial charge in [-0.15, -0.1) is 16.4 Å². The zero-order chi connectivity index (χ0) is 50.7. The zero-order valence-electron chi connectivity index (χ0n) is 42.7. The molecule has 12 rings (SSSR count). The number of aliphatic hydroxyl groups excluding tert-OH is 1. The lowest BCUT2D eigenvalue weighted by Crippen LogP contribution is -2.50. The van der Waals surface area contributed by atoms with Crippen LogP contribution in [0.2, 0.25) is 5.02 Å². The number of nitrogens with one attached hydrogen (secondary N) is 2. The molecule has 16 heteroatoms. The standard InChI is InChI=1S/C58H69ClN10O4S/c1-35(38-13-15-42(16-14-38)53-36(2)61-34-74-53)62-54(71)50-30-44(70)32-67(50)56(73)52(41-19-25-60-26-20-41)68-33-47(64-65-68)40-11-9-37(10-12-40)31-66-27-21-39(22-28-66)43-17-18-45-49(29-43)69-48-8-6-7-46(59)51(48)55(72)63-57(69)58(45)23-4-3-5-24-58/h6-8,13-18,29,33-35,37,39-41,44,50,52,60,70H,3-5,9-12,19-28,30-32H2,1-2H3,(H,62,71)/t35-,37?,40?,44+,50-,52-/m0/s1. The number of hydrogen-bond acceptors (Lipinski definition) is 11. The highest BCUT2D eigenvalue weighted by Crippen LogP contribution is 2.52. The lowest BCUT2D eigenvalue weighted by molar-refractivity contribution is -0.143. The fourth-order valence-electron chi connectivity index (χ4n) is 14.1. The lowest BCUT2D eigenvalue weighted by atomic mass is 9.69. The first kappa shape index (κ1) is 49.6. The molecule has 1 spiro atoms. The molecule has 2 saturated carbocycles. The molecular formula is C58H69ClN10O4S. The number of carbonyl (C=O) groups excluding carboxylic acids is 2. The third-order valence-electron chi connectivity index (χ3n) is 18.2. The second-order valence-electron chi connectivity index (χ2n) is 22.6. The average Bonchev–Trinajstić information content (AvgIpc) is 4.25. The second kappa shape index (κ2) is 20.7. The number of rotatable bonds is 11. The molecule has 2 amide bonds. The first-order chi connectivity index (χ1) is 36.0. The molecule has 14 nitrogen and oxygen atoms in total. The van der Waals surface area contributed by atoms with Crippen LogP contribution in [0.15, 0.2) is 77.2 Å². The van der Waals surface area contributed by atoms with Gasteiger partial charge in [0.15, 0.2) is 0 Å². The van der Waals surface area contributed by atoms with E-state index in [1.807, 2.05) is 49.8 Å². The highest BCUT2D eigenvalue weighted by molar-refractivity contribution is 7.13. The Morgan fingerprint density at radius 1 is 0.946 bits per heavy atom. The van der Waals surface area contributed by atoms with Crippen molar-refractivity contribution < 1.29 is 14.7 Å². The van der Waals surface area contributed by atoms with Crippen molar-refractivity contribution in [2.75, 3.05) is 39.3 Å². The van der Waals surface area contributed by atoms with Gasteiger partial charge in [0.25, 0.3) is 5.56 Å². The molecule has 0 bridgehead atoms. The molecule has 3 saturated heterocycles. The Bertz CT molecular complexity index is 3090. The number of hydrogen-bond donors (Lipinski definition) is 3. The van der Waals surface area contributed by atoms with Crippen LogP contribution in [-0.4, -0.2) is 108 Å². The first-order valence-corrected chi connectivity index (χ1v) is 28.8. The minimum atomic E-state index is -0.791. The maximum atomic E-state index is 14.9. The van der Waals surface area contributed by atoms with E-state index in [1.54, 1.807) is 27.0 Å². The molecule has 0 radical (unpaired) electrons. The Kier molecular flexibility index (Phi) is 13.8. The molecule has 4 atom stereocenters. The number of amides is 2. The summed E-state index contributed by atoms with van der Waals surface area (Å²) in [5.74, 6) is 1.87. The SMILES string of the molecule is Cc1ncsc1-c1ccc([C@H](C)NC(=O)[C@@H]2C[C@@H](O)CN2C(=O)[C@H](C2CCNCC2)n2cc(C3CCC(CN4CCC(c5ccc6c(c5)-n5c(nc(=O)c7c(Cl)cccc75)C65CCCCC5)CC4)CC3)nn2)cc1. The van der Waals surface area contributed by atoms with Gasteiger partial charge < -0.3 is 25.5 Å². The summed E-state index contributed by atoms with van der Waals surface area (Å²) in [6.45, 7) is 8.95. The van der Waals surface area contributed by atoms with Gasteiger partial charge in [0.1, 0.15) is 17.9 Å². The highest BCUT2D eigenvalue weighted by atomic mass is 35.5. The summed E-state index contributed by atoms with van der Waals surface area (Å²) < 4.78 is 4.07. The van der Waals surface area contributed by atoms with Gasteiger partial charge in [-0.25, -0.2) is 9.67 Å². The van der Waals surface area contributed by atoms with Crippen LogP contribution in [0.4, 0.5) is 0 Å². The normalized spacial score (nSPS) is 24.2. The number of β-amino-alcohol motifs (C(OH)–C–C–N with tert-alkyl or cyclic N) is 1. The van der Waals surface area contributed by atoms with Gasteiger partial charge in [-0.05, 0) is 162 Å². The van der Waals surface area contributed by atoms with Crippen LogP contribution < -0.4 is 16.2 Å². The molecule has 2 aliphatic carbocycles. The number of aryl methyl sites for hydroxylation is 1. The number of fused-ring (bicyclic) bond motifs is 7. The van der Waals surface area contributed by atoms with Crippen LogP contribution >= 0.6 is 22.9 Å². The first-order valence-electron chi connectivity index (χ1n) is 27.5. The Hall–Kier alpha value is -5.32. The van der Waals surface area contributed by atoms with E-state index in [0.29, 0.717) is 22.2 Å². The van der Waals surface area contributed by atoms with Crippen LogP contribution in [-0.2, 0) is 15.0 Å². The number of benzene rings is 3. The highest BCUT2D eigenvalue weighted by Gasteiger charge is 2.48. The molecule has 4 aliphatic heterocycles. The predicted molar refractivity (Wildman–Crippen MR) is 289 cm³/mol. The maximum Gasteiger partial charge on any atom is 0.282 e. The molecule has 0 unspecified atom stereocenters. The molecular weight excluding hydrogens is 968 g/mol. The molecule has 3 N–H and O–H groups in total. The van der Waals surface area contributed by atoms with Crippen LogP contribution in [0, 0.1) is 18.8 Å². The van der Waals surface area contributed by atoms with Crippen molar-refractivity contribution in [3.05, 3.63) is 122 Å². The summed E-state index contributed by atoms with van der Waals surface area (Å²) in [6, 6.07) is 19.4. The average molecular weight is 1040 g/mol. The third kappa shape index (κ3) is 9.21. The van der Waals surface area contributed by atoms with E-state index < -0.39 is 18.2 Å². The molecule has 6 aliphatic rings. The Morgan fingerprint density at radius 2 is 1.72 bits per heavy atom. The minimum Gasteiger partial charge on any atom is -0.391 e. The van der Waals surface area contributed by atoms with E-state index in [9.17, 15) is 19.5 Å². The smallest absolute Gasteiger partial charge is 0.282 e. The number of carbonyl (C=O) groups is 2. The molecule has 3 aromatic heterocycles. The van der Waals surface area contributed by atoms with Crippen molar-refractivity contribution in [3.8, 4) is 16.1 Å². The van der Waals surface area contributed by atoms with Gasteiger partial charge in [0, 0.05) is 31.6 Å². The number of piperidine rings is 2. The van der Waals surface area contributed by atoms with Crippen molar-refractivity contribution in [1.82, 2.24) is 50.0 Å². The third-order valence-corrected chi connectivity index (χ3v) is 19.5. The molecule has 5 fully saturated rings. The molecule has 3 aromatic carbocycles. The van der Waals surface area contributed by atoms with Crippen LogP contribution in [0.1, 0.15) is 155 Å². The fraction of sp³-hybridized carbons (Fsp3) is 0.534. The quantitative estimate of drug-likeness (QED) is 0.114. The summed E-state index contributed by atoms with van der Waals surface area (Å²) in [5.41, 5.74) is 10.1. The van der Waals surface area contributed by atoms with Gasteiger partial charge in [-0.3, -0.25) is 19.0 Å². The summed E-state index contributed by atoms with van der Waals surface area (Å²) >= 11 is 8.27. The van der Waals surface area contributed by atoms with Crippen LogP contribution in [0.5, 0.6) is 0 Å². The van der Waals surface area contributed by atoms with Gasteiger partial charge in [-0.1, -0.05) is 78.5 Å². The number of nitrogens with zero attached hydrogens (tertiary/aromatic N) is 8. The molecule has 74 heavy (non-hydrogen) atoms. The predicted octanol–water partition coefficient (Wildman–Crippen LogP) is 9.16. The Balaban J connectivity index is 0.676. The number of aliphatic hydroxyl groups is 1. The maximum absolute atomic E-state index is 14.9. The number of thiazole rings is 1. The summed E-state index contributed by atoms with van der Waals surface area (Å²) in [6.07, 6.45) is 15.1. The zero-order valence-corrected chi connectivity index (χ0v) is 44.3. The van der Waals surface area contributed by atoms with Crippen molar-refractivity contribution >= 4 is 45.7 Å². The van der Waals surface area contributed by atoms with E-state index in [2.05, 4.69) is 60.6 Å². The van der Waals surface area contributed by atoms with Gasteiger partial charge in [0.2, 0.25) is 11.8 Å². The van der Waals surface area contributed by atoms with Crippen molar-refractivity contribution in [2.45, 2.75) is 145 Å². The van der Waals surface area contributed by atoms with Crippen molar-refractivity contribution in [2.24, 2.45) is 11.8 Å².